The lowest BCUT2D eigenvalue weighted by atomic mass is 9.87. The Kier molecular flexibility index (Phi) is 34.1. The summed E-state index contributed by atoms with van der Waals surface area (Å²) in [6.45, 7) is 28.8. The van der Waals surface area contributed by atoms with Crippen LogP contribution < -0.4 is 28.3 Å². The fourth-order valence-corrected chi connectivity index (χ4v) is 20.0. The molecule has 0 aromatic heterocycles. The summed E-state index contributed by atoms with van der Waals surface area (Å²) in [7, 11) is -22.7. The van der Waals surface area contributed by atoms with Crippen molar-refractivity contribution in [1.82, 2.24) is 0 Å². The lowest BCUT2D eigenvalue weighted by Gasteiger charge is -2.19. The molecule has 33 heteroatoms. The zero-order chi connectivity index (χ0) is 101. The predicted molar refractivity (Wildman–Crippen MR) is 544 cm³/mol. The van der Waals surface area contributed by atoms with Gasteiger partial charge in [0.25, 0.3) is 65.8 Å². The Balaban J connectivity index is 0.000000170. The second-order valence-electron chi connectivity index (χ2n) is 35.1. The molecule has 0 fully saturated rings. The fraction of sp³-hybridized carbons (Fsp3) is 0.173. The number of fused-ring (bicyclic) bond motifs is 2. The highest BCUT2D eigenvalue weighted by Crippen LogP contribution is 2.35. The molecule has 0 unspecified atom stereocenters. The molecule has 0 aliphatic rings. The zero-order valence-electron chi connectivity index (χ0n) is 77.4. The van der Waals surface area contributed by atoms with Gasteiger partial charge in [0.2, 0.25) is 0 Å². The van der Waals surface area contributed by atoms with E-state index in [-0.39, 0.29) is 79.7 Å². The van der Waals surface area contributed by atoms with Crippen LogP contribution in [0.3, 0.4) is 0 Å². The van der Waals surface area contributed by atoms with E-state index in [0.29, 0.717) is 32.4 Å². The molecule has 0 radical (unpaired) electrons. The summed E-state index contributed by atoms with van der Waals surface area (Å²) in [4.78, 5) is 11.2. The average molecular weight is 2010 g/mol. The second-order valence-corrected chi connectivity index (χ2v) is 46.0. The van der Waals surface area contributed by atoms with E-state index < -0.39 is 88.3 Å². The number of aryl methyl sites for hydroxylation is 5. The van der Waals surface area contributed by atoms with Gasteiger partial charge in [-0.1, -0.05) is 255 Å². The van der Waals surface area contributed by atoms with E-state index in [9.17, 15) is 78.2 Å². The molecule has 15 aromatic carbocycles. The molecule has 15 aromatic rings. The third-order valence-corrected chi connectivity index (χ3v) is 30.2. The van der Waals surface area contributed by atoms with Crippen LogP contribution >= 0.6 is 23.2 Å². The third-order valence-electron chi connectivity index (χ3n) is 21.1. The Labute approximate surface area is 809 Å². The van der Waals surface area contributed by atoms with Crippen LogP contribution in [0.1, 0.15) is 112 Å². The summed E-state index contributed by atoms with van der Waals surface area (Å²) in [5.41, 5.74) is 9.16. The summed E-state index contributed by atoms with van der Waals surface area (Å²) in [5.74, 6) is -2.22. The van der Waals surface area contributed by atoms with Crippen LogP contribution in [-0.4, -0.2) is 55.4 Å². The van der Waals surface area contributed by atoms with Crippen LogP contribution in [0.5, 0.6) is 0 Å². The molecule has 0 aliphatic carbocycles. The Hall–Kier alpha value is -13.0. The predicted octanol–water partition coefficient (Wildman–Crippen LogP) is 26.4. The maximum Gasteiger partial charge on any atom is 0.274 e. The average Bonchev–Trinajstić information content (AvgIpc) is 0.794. The molecule has 0 saturated heterocycles. The number of sulfonamides is 6. The van der Waals surface area contributed by atoms with Crippen LogP contribution in [-0.2, 0) is 76.4 Å². The highest BCUT2D eigenvalue weighted by atomic mass is 35.5. The van der Waals surface area contributed by atoms with Gasteiger partial charge >= 0.3 is 0 Å². The number of nitro groups is 1. The molecule has 137 heavy (non-hydrogen) atoms. The number of nitro benzene ring substituents is 1. The first kappa shape index (κ1) is 106. The topological polar surface area (TPSA) is 320 Å². The van der Waals surface area contributed by atoms with Gasteiger partial charge < -0.3 is 0 Å². The molecule has 0 spiro atoms. The van der Waals surface area contributed by atoms with E-state index in [1.165, 1.54) is 103 Å². The first-order valence-electron chi connectivity index (χ1n) is 42.3. The summed E-state index contributed by atoms with van der Waals surface area (Å²) in [5, 5.41) is 15.3. The van der Waals surface area contributed by atoms with Gasteiger partial charge in [0, 0.05) is 21.7 Å². The van der Waals surface area contributed by atoms with Crippen molar-refractivity contribution >= 4 is 145 Å². The van der Waals surface area contributed by atoms with Crippen molar-refractivity contribution in [2.45, 2.75) is 149 Å². The molecule has 15 rings (SSSR count). The number of nitrogens with zero attached hydrogens (tertiary/aromatic N) is 1. The molecular formula is C104H103Cl2F4N7O14S6. The summed E-state index contributed by atoms with van der Waals surface area (Å²) in [6.07, 6.45) is 0. The van der Waals surface area contributed by atoms with Crippen LogP contribution in [0, 0.1) is 74.9 Å². The van der Waals surface area contributed by atoms with E-state index in [2.05, 4.69) is 90.6 Å². The Morgan fingerprint density at radius 3 is 0.891 bits per heavy atom. The number of nitrogens with one attached hydrogen (secondary N) is 6. The van der Waals surface area contributed by atoms with Gasteiger partial charge in [-0.2, -0.15) is 0 Å². The number of benzene rings is 15. The quantitative estimate of drug-likeness (QED) is 0.0235. The fourth-order valence-electron chi connectivity index (χ4n) is 13.1. The molecule has 716 valence electrons. The molecule has 0 bridgehead atoms. The van der Waals surface area contributed by atoms with Crippen molar-refractivity contribution in [1.29, 1.82) is 0 Å². The minimum absolute atomic E-state index is 0.0340. The molecule has 21 nitrogen and oxygen atoms in total. The smallest absolute Gasteiger partial charge is 0.274 e. The van der Waals surface area contributed by atoms with Crippen molar-refractivity contribution in [3.05, 3.63) is 409 Å². The van der Waals surface area contributed by atoms with Gasteiger partial charge in [-0.15, -0.1) is 0 Å². The Morgan fingerprint density at radius 1 is 0.270 bits per heavy atom. The first-order valence-corrected chi connectivity index (χ1v) is 52.0. The number of hydrogen-bond acceptors (Lipinski definition) is 14. The van der Waals surface area contributed by atoms with E-state index in [4.69, 9.17) is 23.2 Å². The van der Waals surface area contributed by atoms with Gasteiger partial charge in [0.05, 0.1) is 68.4 Å². The standard InChI is InChI=1S/C19H16FNO2S.C17H19Cl2NO2S.C17H14FNO2S.2C17H20FNO2S.C17H14N2O4S/c1-14-7-12-19(18(20)13-14)21-24(22,23)17-10-8-16(9-11-17)15-5-3-2-4-6-15;1-11-15(18)9-13(10-16(11)19)20-23(21,22)14-7-5-12(6-8-14)17(2,3)4;1-12-6-9-17(16(18)10-12)19-22(20,21)15-8-7-13-4-2-3-5-14(13)11-15;1-12-5-10-16(15(18)11-12)19-22(20,21)14-8-6-13(7-9-14)17(2,3)4;1-12-5-8-14(11-16(12)18)19-22(20,21)15-9-6-13(7-10-15)17(2,3)4;1-12-6-8-15(11-17(12)19(20)21)18-24(22,23)16-9-7-13-4-2-3-5-14(13)10-16/h2-13,21H,1H3;5-10,20H,1-4H3;2-11,19H,1H3;2*5-11,19H,1-4H3;2-11,18H,1H3. The molecule has 0 saturated carbocycles. The largest absolute Gasteiger partial charge is 0.280 e. The third kappa shape index (κ3) is 29.3. The van der Waals surface area contributed by atoms with Gasteiger partial charge in [-0.05, 0) is 274 Å². The van der Waals surface area contributed by atoms with Crippen LogP contribution in [0.4, 0.5) is 57.4 Å². The number of hydrogen-bond donors (Lipinski definition) is 6. The maximum absolute atomic E-state index is 13.9. The van der Waals surface area contributed by atoms with E-state index in [1.807, 2.05) is 91.0 Å². The van der Waals surface area contributed by atoms with Crippen molar-refractivity contribution in [3.63, 3.8) is 0 Å². The molecule has 0 aliphatic heterocycles. The van der Waals surface area contributed by atoms with Crippen molar-refractivity contribution < 1.29 is 73.0 Å². The molecule has 0 atom stereocenters. The minimum atomic E-state index is -3.84. The maximum atomic E-state index is 13.9. The van der Waals surface area contributed by atoms with Crippen LogP contribution in [0.2, 0.25) is 10.0 Å². The molecule has 6 N–H and O–H groups in total. The van der Waals surface area contributed by atoms with Crippen LogP contribution in [0.25, 0.3) is 32.7 Å². The highest BCUT2D eigenvalue weighted by Gasteiger charge is 2.26. The molecule has 0 amide bonds. The van der Waals surface area contributed by atoms with Gasteiger partial charge in [0.15, 0.2) is 0 Å². The minimum Gasteiger partial charge on any atom is -0.280 e. The zero-order valence-corrected chi connectivity index (χ0v) is 83.8. The monoisotopic (exact) mass is 2010 g/mol. The second kappa shape index (κ2) is 44.0. The SMILES string of the molecule is Cc1c(Cl)cc(NS(=O)(=O)c2ccc(C(C)(C)C)cc2)cc1Cl.Cc1ccc(NS(=O)(=O)c2ccc(-c3ccccc3)cc2)c(F)c1.Cc1ccc(NS(=O)(=O)c2ccc(C(C)(C)C)cc2)c(F)c1.Cc1ccc(NS(=O)(=O)c2ccc(C(C)(C)C)cc2)cc1F.Cc1ccc(NS(=O)(=O)c2ccc3ccccc3c2)c(F)c1.Cc1ccc(NS(=O)(=O)c2ccc3ccccc3c2)cc1[N+](=O)[O-]. The normalized spacial score (nSPS) is 11.8. The van der Waals surface area contributed by atoms with Gasteiger partial charge in [-0.3, -0.25) is 38.4 Å². The lowest BCUT2D eigenvalue weighted by Crippen LogP contribution is -2.15. The van der Waals surface area contributed by atoms with Gasteiger partial charge in [0.1, 0.15) is 23.3 Å². The van der Waals surface area contributed by atoms with Crippen molar-refractivity contribution in [2.75, 3.05) is 28.3 Å². The van der Waals surface area contributed by atoms with Gasteiger partial charge in [-0.25, -0.2) is 68.1 Å². The van der Waals surface area contributed by atoms with E-state index >= 15 is 0 Å². The van der Waals surface area contributed by atoms with E-state index in [0.717, 1.165) is 66.1 Å². The number of halogens is 6. The summed E-state index contributed by atoms with van der Waals surface area (Å²) in [6, 6.07) is 85.5. The lowest BCUT2D eigenvalue weighted by molar-refractivity contribution is -0.385. The number of rotatable bonds is 20. The summed E-state index contributed by atoms with van der Waals surface area (Å²) >= 11 is 12.1. The Morgan fingerprint density at radius 2 is 0.555 bits per heavy atom. The van der Waals surface area contributed by atoms with Crippen LogP contribution in [0.15, 0.2) is 345 Å². The highest BCUT2D eigenvalue weighted by molar-refractivity contribution is 7.94. The number of anilines is 6. The van der Waals surface area contributed by atoms with Crippen molar-refractivity contribution in [2.24, 2.45) is 0 Å². The molecular weight excluding hydrogens is 1910 g/mol. The Bertz CT molecular complexity index is 7650. The van der Waals surface area contributed by atoms with Crippen molar-refractivity contribution in [3.8, 4) is 11.1 Å². The summed E-state index contributed by atoms with van der Waals surface area (Å²) < 4.78 is 218. The first-order chi connectivity index (χ1) is 64.0. The molecule has 0 heterocycles. The van der Waals surface area contributed by atoms with E-state index in [1.54, 1.807) is 163 Å².